The SMILES string of the molecule is CC(O)(Cc1cc(O)ccc1O)c1ccsc1-c1cccs1. The lowest BCUT2D eigenvalue weighted by atomic mass is 9.88. The van der Waals surface area contributed by atoms with E-state index in [-0.39, 0.29) is 17.9 Å². The van der Waals surface area contributed by atoms with Crippen molar-refractivity contribution in [2.24, 2.45) is 0 Å². The molecule has 2 aromatic heterocycles. The molecule has 0 saturated carbocycles. The Balaban J connectivity index is 1.97. The highest BCUT2D eigenvalue weighted by Gasteiger charge is 2.29. The van der Waals surface area contributed by atoms with E-state index in [1.807, 2.05) is 29.0 Å². The predicted molar refractivity (Wildman–Crippen MR) is 90.7 cm³/mol. The third kappa shape index (κ3) is 2.88. The number of aliphatic hydroxyl groups is 1. The van der Waals surface area contributed by atoms with Crippen molar-refractivity contribution in [3.63, 3.8) is 0 Å². The average molecular weight is 332 g/mol. The highest BCUT2D eigenvalue weighted by atomic mass is 32.1. The molecule has 0 amide bonds. The smallest absolute Gasteiger partial charge is 0.119 e. The topological polar surface area (TPSA) is 60.7 Å². The number of thiophene rings is 2. The van der Waals surface area contributed by atoms with Crippen LogP contribution >= 0.6 is 22.7 Å². The Kier molecular flexibility index (Phi) is 3.95. The first-order valence-electron chi connectivity index (χ1n) is 6.82. The van der Waals surface area contributed by atoms with E-state index in [1.165, 1.54) is 18.2 Å². The second-order valence-electron chi connectivity index (χ2n) is 5.40. The second-order valence-corrected chi connectivity index (χ2v) is 7.27. The number of hydrogen-bond acceptors (Lipinski definition) is 5. The fourth-order valence-corrected chi connectivity index (χ4v) is 4.42. The lowest BCUT2D eigenvalue weighted by Gasteiger charge is -2.24. The molecule has 0 aliphatic heterocycles. The zero-order valence-electron chi connectivity index (χ0n) is 12.0. The van der Waals surface area contributed by atoms with Gasteiger partial charge in [0.05, 0.1) is 10.5 Å². The summed E-state index contributed by atoms with van der Waals surface area (Å²) >= 11 is 3.22. The highest BCUT2D eigenvalue weighted by Crippen LogP contribution is 2.40. The van der Waals surface area contributed by atoms with Crippen molar-refractivity contribution >= 4 is 22.7 Å². The lowest BCUT2D eigenvalue weighted by molar-refractivity contribution is 0.0579. The molecule has 5 heteroatoms. The largest absolute Gasteiger partial charge is 0.508 e. The van der Waals surface area contributed by atoms with Crippen LogP contribution in [0.1, 0.15) is 18.1 Å². The van der Waals surface area contributed by atoms with Crippen molar-refractivity contribution in [2.45, 2.75) is 18.9 Å². The second kappa shape index (κ2) is 5.76. The number of aromatic hydroxyl groups is 2. The minimum absolute atomic E-state index is 0.0750. The van der Waals surface area contributed by atoms with Crippen molar-refractivity contribution in [3.05, 3.63) is 58.3 Å². The number of benzene rings is 1. The first kappa shape index (κ1) is 15.1. The quantitative estimate of drug-likeness (QED) is 0.623. The average Bonchev–Trinajstić information content (AvgIpc) is 3.12. The Hall–Kier alpha value is -1.82. The molecule has 22 heavy (non-hydrogen) atoms. The number of hydrogen-bond donors (Lipinski definition) is 3. The van der Waals surface area contributed by atoms with E-state index in [1.54, 1.807) is 29.6 Å². The van der Waals surface area contributed by atoms with Gasteiger partial charge in [0.15, 0.2) is 0 Å². The maximum Gasteiger partial charge on any atom is 0.119 e. The zero-order valence-corrected chi connectivity index (χ0v) is 13.6. The maximum absolute atomic E-state index is 10.9. The van der Waals surface area contributed by atoms with Crippen LogP contribution in [0.3, 0.4) is 0 Å². The van der Waals surface area contributed by atoms with E-state index < -0.39 is 5.60 Å². The molecule has 2 heterocycles. The number of phenols is 2. The van der Waals surface area contributed by atoms with Gasteiger partial charge >= 0.3 is 0 Å². The van der Waals surface area contributed by atoms with Crippen molar-refractivity contribution < 1.29 is 15.3 Å². The van der Waals surface area contributed by atoms with Gasteiger partial charge in [0.25, 0.3) is 0 Å². The van der Waals surface area contributed by atoms with Crippen LogP contribution < -0.4 is 0 Å². The molecule has 1 aromatic carbocycles. The van der Waals surface area contributed by atoms with Gasteiger partial charge in [0.1, 0.15) is 11.5 Å². The van der Waals surface area contributed by atoms with Crippen molar-refractivity contribution in [2.75, 3.05) is 0 Å². The first-order valence-corrected chi connectivity index (χ1v) is 8.58. The van der Waals surface area contributed by atoms with E-state index in [0.717, 1.165) is 15.3 Å². The summed E-state index contributed by atoms with van der Waals surface area (Å²) in [5.74, 6) is 0.151. The predicted octanol–water partition coefficient (Wildman–Crippen LogP) is 4.34. The Morgan fingerprint density at radius 2 is 1.86 bits per heavy atom. The Labute approximate surface area is 136 Å². The van der Waals surface area contributed by atoms with Crippen molar-refractivity contribution in [1.82, 2.24) is 0 Å². The van der Waals surface area contributed by atoms with Gasteiger partial charge in [0, 0.05) is 22.4 Å². The van der Waals surface area contributed by atoms with Crippen LogP contribution in [0.25, 0.3) is 9.75 Å². The summed E-state index contributed by atoms with van der Waals surface area (Å²) in [5.41, 5.74) is 0.223. The molecule has 0 radical (unpaired) electrons. The molecular formula is C17H16O3S2. The fourth-order valence-electron chi connectivity index (χ4n) is 2.51. The fraction of sp³-hybridized carbons (Fsp3) is 0.176. The molecule has 3 rings (SSSR count). The van der Waals surface area contributed by atoms with Crippen LogP contribution in [-0.4, -0.2) is 15.3 Å². The summed E-state index contributed by atoms with van der Waals surface area (Å²) < 4.78 is 0. The highest BCUT2D eigenvalue weighted by molar-refractivity contribution is 7.20. The van der Waals surface area contributed by atoms with Crippen LogP contribution in [0.2, 0.25) is 0 Å². The van der Waals surface area contributed by atoms with Crippen molar-refractivity contribution in [1.29, 1.82) is 0 Å². The van der Waals surface area contributed by atoms with Crippen LogP contribution in [0.5, 0.6) is 11.5 Å². The van der Waals surface area contributed by atoms with Crippen LogP contribution in [-0.2, 0) is 12.0 Å². The third-order valence-corrected chi connectivity index (χ3v) is 5.55. The molecule has 1 unspecified atom stereocenters. The summed E-state index contributed by atoms with van der Waals surface area (Å²) in [7, 11) is 0. The molecule has 114 valence electrons. The van der Waals surface area contributed by atoms with Gasteiger partial charge in [-0.15, -0.1) is 22.7 Å². The van der Waals surface area contributed by atoms with Gasteiger partial charge in [-0.2, -0.15) is 0 Å². The van der Waals surface area contributed by atoms with E-state index in [0.29, 0.717) is 5.56 Å². The number of rotatable bonds is 4. The van der Waals surface area contributed by atoms with Gasteiger partial charge < -0.3 is 15.3 Å². The molecule has 0 spiro atoms. The Morgan fingerprint density at radius 3 is 2.59 bits per heavy atom. The molecule has 0 bridgehead atoms. The van der Waals surface area contributed by atoms with E-state index in [9.17, 15) is 15.3 Å². The van der Waals surface area contributed by atoms with Crippen molar-refractivity contribution in [3.8, 4) is 21.3 Å². The minimum Gasteiger partial charge on any atom is -0.508 e. The van der Waals surface area contributed by atoms with Gasteiger partial charge in [-0.3, -0.25) is 0 Å². The first-order chi connectivity index (χ1) is 10.5. The Morgan fingerprint density at radius 1 is 1.05 bits per heavy atom. The van der Waals surface area contributed by atoms with Crippen LogP contribution in [0.15, 0.2) is 47.2 Å². The lowest BCUT2D eigenvalue weighted by Crippen LogP contribution is -2.24. The molecule has 3 N–H and O–H groups in total. The molecule has 3 aromatic rings. The van der Waals surface area contributed by atoms with Gasteiger partial charge in [-0.1, -0.05) is 6.07 Å². The molecule has 0 fully saturated rings. The molecule has 3 nitrogen and oxygen atoms in total. The van der Waals surface area contributed by atoms with E-state index >= 15 is 0 Å². The third-order valence-electron chi connectivity index (χ3n) is 3.59. The summed E-state index contributed by atoms with van der Waals surface area (Å²) in [6.07, 6.45) is 0.225. The normalized spacial score (nSPS) is 13.9. The summed E-state index contributed by atoms with van der Waals surface area (Å²) in [6.45, 7) is 1.73. The van der Waals surface area contributed by atoms with Gasteiger partial charge in [-0.05, 0) is 48.0 Å². The summed E-state index contributed by atoms with van der Waals surface area (Å²) in [5, 5.41) is 34.4. The standard InChI is InChI=1S/C17H16O3S2/c1-17(20,10-11-9-12(18)4-5-14(11)19)13-6-8-22-16(13)15-3-2-7-21-15/h2-9,18-20H,10H2,1H3. The van der Waals surface area contributed by atoms with Crippen LogP contribution in [0, 0.1) is 0 Å². The molecule has 0 aliphatic rings. The zero-order chi connectivity index (χ0) is 15.7. The van der Waals surface area contributed by atoms with Gasteiger partial charge in [0.2, 0.25) is 0 Å². The minimum atomic E-state index is -1.13. The van der Waals surface area contributed by atoms with E-state index in [4.69, 9.17) is 0 Å². The molecule has 0 saturated heterocycles. The molecule has 0 aliphatic carbocycles. The molecular weight excluding hydrogens is 316 g/mol. The summed E-state index contributed by atoms with van der Waals surface area (Å²) in [4.78, 5) is 2.16. The Bertz CT molecular complexity index is 773. The van der Waals surface area contributed by atoms with Gasteiger partial charge in [-0.25, -0.2) is 0 Å². The summed E-state index contributed by atoms with van der Waals surface area (Å²) in [6, 6.07) is 10.3. The maximum atomic E-state index is 10.9. The number of phenolic OH excluding ortho intramolecular Hbond substituents is 2. The molecule has 1 atom stereocenters. The van der Waals surface area contributed by atoms with E-state index in [2.05, 4.69) is 0 Å². The monoisotopic (exact) mass is 332 g/mol. The van der Waals surface area contributed by atoms with Crippen LogP contribution in [0.4, 0.5) is 0 Å².